The summed E-state index contributed by atoms with van der Waals surface area (Å²) in [7, 11) is 3.50. The largest absolute Gasteiger partial charge is 0.444 e. The zero-order valence-corrected chi connectivity index (χ0v) is 18.1. The van der Waals surface area contributed by atoms with Crippen LogP contribution in [0.4, 0.5) is 4.79 Å². The third-order valence-electron chi connectivity index (χ3n) is 3.61. The van der Waals surface area contributed by atoms with E-state index in [2.05, 4.69) is 34.5 Å². The number of carbonyl (C=O) groups excluding carboxylic acids is 1. The van der Waals surface area contributed by atoms with E-state index < -0.39 is 5.60 Å². The first-order valence-corrected chi connectivity index (χ1v) is 9.65. The summed E-state index contributed by atoms with van der Waals surface area (Å²) >= 11 is 1.69. The van der Waals surface area contributed by atoms with E-state index in [1.54, 1.807) is 30.3 Å². The van der Waals surface area contributed by atoms with Gasteiger partial charge in [-0.25, -0.2) is 9.78 Å². The first-order valence-electron chi connectivity index (χ1n) is 8.83. The summed E-state index contributed by atoms with van der Waals surface area (Å²) in [6.45, 7) is 13.7. The van der Waals surface area contributed by atoms with Crippen molar-refractivity contribution in [1.29, 1.82) is 0 Å². The topological polar surface area (TPSA) is 78.9 Å². The van der Waals surface area contributed by atoms with Crippen LogP contribution >= 0.6 is 11.3 Å². The summed E-state index contributed by atoms with van der Waals surface area (Å²) in [5, 5.41) is 7.60. The number of guanidine groups is 1. The van der Waals surface area contributed by atoms with E-state index in [9.17, 15) is 4.79 Å². The van der Waals surface area contributed by atoms with Crippen LogP contribution in [0, 0.1) is 19.8 Å². The molecule has 0 aliphatic rings. The highest BCUT2D eigenvalue weighted by atomic mass is 32.1. The molecule has 148 valence electrons. The summed E-state index contributed by atoms with van der Waals surface area (Å²) in [6.07, 6.45) is -0.304. The molecule has 0 fully saturated rings. The predicted octanol–water partition coefficient (Wildman–Crippen LogP) is 2.93. The Bertz CT molecular complexity index is 602. The van der Waals surface area contributed by atoms with Gasteiger partial charge in [0.15, 0.2) is 5.96 Å². The molecule has 1 heterocycles. The summed E-state index contributed by atoms with van der Waals surface area (Å²) in [5.74, 6) is 0.970. The van der Waals surface area contributed by atoms with E-state index in [4.69, 9.17) is 4.74 Å². The Morgan fingerprint density at radius 2 is 2.00 bits per heavy atom. The minimum absolute atomic E-state index is 0.246. The fraction of sp³-hybridized carbons (Fsp3) is 0.722. The Hall–Kier alpha value is -1.83. The van der Waals surface area contributed by atoms with Crippen LogP contribution in [0.1, 0.15) is 43.3 Å². The molecule has 8 heteroatoms. The van der Waals surface area contributed by atoms with Gasteiger partial charge in [-0.2, -0.15) is 0 Å². The van der Waals surface area contributed by atoms with Crippen LogP contribution in [0.15, 0.2) is 4.99 Å². The van der Waals surface area contributed by atoms with E-state index >= 15 is 0 Å². The highest BCUT2D eigenvalue weighted by Crippen LogP contribution is 2.15. The van der Waals surface area contributed by atoms with Gasteiger partial charge in [0.25, 0.3) is 0 Å². The van der Waals surface area contributed by atoms with Gasteiger partial charge >= 0.3 is 6.09 Å². The number of hydrogen-bond donors (Lipinski definition) is 2. The lowest BCUT2D eigenvalue weighted by Crippen LogP contribution is -2.42. The number of aromatic nitrogens is 1. The lowest BCUT2D eigenvalue weighted by Gasteiger charge is -2.26. The van der Waals surface area contributed by atoms with Crippen LogP contribution in [0.2, 0.25) is 0 Å². The lowest BCUT2D eigenvalue weighted by molar-refractivity contribution is 0.0278. The minimum atomic E-state index is -0.481. The van der Waals surface area contributed by atoms with Gasteiger partial charge in [-0.3, -0.25) is 4.99 Å². The van der Waals surface area contributed by atoms with Crippen molar-refractivity contribution in [3.8, 4) is 0 Å². The molecule has 26 heavy (non-hydrogen) atoms. The van der Waals surface area contributed by atoms with Gasteiger partial charge < -0.3 is 20.3 Å². The molecule has 0 aliphatic carbocycles. The third kappa shape index (κ3) is 8.03. The molecule has 1 aromatic rings. The second-order valence-corrected chi connectivity index (χ2v) is 8.81. The first-order chi connectivity index (χ1) is 12.0. The molecule has 1 rings (SSSR count). The molecule has 1 atom stereocenters. The molecule has 0 saturated heterocycles. The molecule has 0 aliphatic heterocycles. The summed E-state index contributed by atoms with van der Waals surface area (Å²) in [5.41, 5.74) is 0.597. The number of aryl methyl sites for hydroxylation is 2. The van der Waals surface area contributed by atoms with Crippen molar-refractivity contribution in [3.63, 3.8) is 0 Å². The Kier molecular flexibility index (Phi) is 8.33. The van der Waals surface area contributed by atoms with E-state index in [-0.39, 0.29) is 12.0 Å². The van der Waals surface area contributed by atoms with Gasteiger partial charge in [0.05, 0.1) is 12.2 Å². The summed E-state index contributed by atoms with van der Waals surface area (Å²) in [4.78, 5) is 23.6. The van der Waals surface area contributed by atoms with Gasteiger partial charge in [0.2, 0.25) is 0 Å². The van der Waals surface area contributed by atoms with Crippen molar-refractivity contribution >= 4 is 23.4 Å². The Labute approximate surface area is 161 Å². The molecule has 0 aromatic carbocycles. The smallest absolute Gasteiger partial charge is 0.410 e. The average Bonchev–Trinajstić information content (AvgIpc) is 2.84. The fourth-order valence-corrected chi connectivity index (χ4v) is 3.09. The van der Waals surface area contributed by atoms with Crippen LogP contribution in [0.25, 0.3) is 0 Å². The monoisotopic (exact) mass is 383 g/mol. The zero-order chi connectivity index (χ0) is 19.9. The standard InChI is InChI=1S/C18H33N5O2S/c1-12(11-23(8)17(24)25-18(4,5)6)9-20-16(19-7)21-10-15-22-13(2)14(3)26-15/h12H,9-11H2,1-8H3,(H2,19,20,21). The molecule has 0 spiro atoms. The van der Waals surface area contributed by atoms with E-state index in [0.29, 0.717) is 19.6 Å². The van der Waals surface area contributed by atoms with Crippen LogP contribution in [-0.4, -0.2) is 54.7 Å². The molecular weight excluding hydrogens is 350 g/mol. The lowest BCUT2D eigenvalue weighted by atomic mass is 10.1. The van der Waals surface area contributed by atoms with Gasteiger partial charge in [-0.15, -0.1) is 11.3 Å². The highest BCUT2D eigenvalue weighted by Gasteiger charge is 2.20. The quantitative estimate of drug-likeness (QED) is 0.583. The predicted molar refractivity (Wildman–Crippen MR) is 108 cm³/mol. The molecule has 2 N–H and O–H groups in total. The number of nitrogens with zero attached hydrogens (tertiary/aromatic N) is 3. The Balaban J connectivity index is 2.39. The van der Waals surface area contributed by atoms with Gasteiger partial charge in [0.1, 0.15) is 10.6 Å². The summed E-state index contributed by atoms with van der Waals surface area (Å²) < 4.78 is 5.37. The van der Waals surface area contributed by atoms with Crippen molar-refractivity contribution < 1.29 is 9.53 Å². The van der Waals surface area contributed by atoms with Crippen molar-refractivity contribution in [2.24, 2.45) is 10.9 Å². The fourth-order valence-electron chi connectivity index (χ4n) is 2.21. The van der Waals surface area contributed by atoms with Crippen molar-refractivity contribution in [1.82, 2.24) is 20.5 Å². The number of ether oxygens (including phenoxy) is 1. The van der Waals surface area contributed by atoms with Gasteiger partial charge in [-0.1, -0.05) is 6.92 Å². The number of carbonyl (C=O) groups is 1. The SMILES string of the molecule is CN=C(NCc1nc(C)c(C)s1)NCC(C)CN(C)C(=O)OC(C)(C)C. The second-order valence-electron chi connectivity index (χ2n) is 7.52. The molecule has 0 saturated carbocycles. The number of rotatable bonds is 6. The Morgan fingerprint density at radius 3 is 2.50 bits per heavy atom. The van der Waals surface area contributed by atoms with Crippen LogP contribution in [0.3, 0.4) is 0 Å². The van der Waals surface area contributed by atoms with E-state index in [1.807, 2.05) is 27.7 Å². The average molecular weight is 384 g/mol. The number of thiazole rings is 1. The van der Waals surface area contributed by atoms with Crippen molar-refractivity contribution in [2.75, 3.05) is 27.2 Å². The van der Waals surface area contributed by atoms with Crippen molar-refractivity contribution in [3.05, 3.63) is 15.6 Å². The third-order valence-corrected chi connectivity index (χ3v) is 4.69. The Morgan fingerprint density at radius 1 is 1.35 bits per heavy atom. The van der Waals surface area contributed by atoms with Crippen LogP contribution in [0.5, 0.6) is 0 Å². The maximum atomic E-state index is 12.0. The van der Waals surface area contributed by atoms with Crippen LogP contribution in [-0.2, 0) is 11.3 Å². The normalized spacial score (nSPS) is 13.3. The van der Waals surface area contributed by atoms with Crippen LogP contribution < -0.4 is 10.6 Å². The van der Waals surface area contributed by atoms with Gasteiger partial charge in [0, 0.05) is 32.1 Å². The zero-order valence-electron chi connectivity index (χ0n) is 17.3. The highest BCUT2D eigenvalue weighted by molar-refractivity contribution is 7.11. The number of aliphatic imine (C=N–C) groups is 1. The molecule has 1 amide bonds. The number of nitrogens with one attached hydrogen (secondary N) is 2. The molecular formula is C18H33N5O2S. The van der Waals surface area contributed by atoms with Crippen molar-refractivity contribution in [2.45, 2.75) is 53.7 Å². The molecule has 7 nitrogen and oxygen atoms in total. The molecule has 0 radical (unpaired) electrons. The molecule has 1 aromatic heterocycles. The van der Waals surface area contributed by atoms with Gasteiger partial charge in [-0.05, 0) is 40.5 Å². The molecule has 1 unspecified atom stereocenters. The molecule has 0 bridgehead atoms. The van der Waals surface area contributed by atoms with E-state index in [0.717, 1.165) is 16.7 Å². The maximum Gasteiger partial charge on any atom is 0.410 e. The second kappa shape index (κ2) is 9.75. The van der Waals surface area contributed by atoms with E-state index in [1.165, 1.54) is 4.88 Å². The maximum absolute atomic E-state index is 12.0. The summed E-state index contributed by atoms with van der Waals surface area (Å²) in [6, 6.07) is 0. The first kappa shape index (κ1) is 22.2. The number of hydrogen-bond acceptors (Lipinski definition) is 5. The number of amides is 1. The minimum Gasteiger partial charge on any atom is -0.444 e.